The molecule has 0 spiro atoms. The lowest BCUT2D eigenvalue weighted by molar-refractivity contribution is 0.117. The molecule has 0 amide bonds. The maximum Gasteiger partial charge on any atom is 0.277 e. The summed E-state index contributed by atoms with van der Waals surface area (Å²) < 4.78 is 7.01. The van der Waals surface area contributed by atoms with E-state index in [0.717, 1.165) is 5.12 Å². The first-order valence-corrected chi connectivity index (χ1v) is 8.73. The van der Waals surface area contributed by atoms with Crippen molar-refractivity contribution in [3.8, 4) is 11.5 Å². The van der Waals surface area contributed by atoms with Crippen molar-refractivity contribution in [1.82, 2.24) is 16.0 Å². The van der Waals surface area contributed by atoms with Gasteiger partial charge in [0.2, 0.25) is 3.79 Å². The van der Waals surface area contributed by atoms with Gasteiger partial charge in [-0.3, -0.25) is 0 Å². The van der Waals surface area contributed by atoms with Crippen molar-refractivity contribution in [1.29, 1.82) is 0 Å². The number of methoxy groups -OCH3 is 2. The molecule has 0 saturated carbocycles. The monoisotopic (exact) mass is 453 g/mol. The van der Waals surface area contributed by atoms with Crippen LogP contribution < -0.4 is 20.3 Å². The van der Waals surface area contributed by atoms with Crippen LogP contribution in [0.3, 0.4) is 0 Å². The molecule has 1 aliphatic heterocycles. The molecule has 0 fully saturated rings. The number of benzene rings is 1. The molecule has 5 nitrogen and oxygen atoms in total. The van der Waals surface area contributed by atoms with Crippen LogP contribution in [0.4, 0.5) is 0 Å². The van der Waals surface area contributed by atoms with Crippen LogP contribution in [0.25, 0.3) is 5.70 Å². The number of alkyl halides is 6. The predicted molar refractivity (Wildman–Crippen MR) is 100 cm³/mol. The largest absolute Gasteiger partial charge is 0.493 e. The zero-order valence-corrected chi connectivity index (χ0v) is 17.0. The van der Waals surface area contributed by atoms with Crippen LogP contribution in [0.2, 0.25) is 0 Å². The highest BCUT2D eigenvalue weighted by molar-refractivity contribution is 6.68. The van der Waals surface area contributed by atoms with Gasteiger partial charge in [0.1, 0.15) is 0 Å². The third-order valence-electron chi connectivity index (χ3n) is 3.13. The van der Waals surface area contributed by atoms with Gasteiger partial charge in [-0.25, -0.2) is 5.43 Å². The topological polar surface area (TPSA) is 45.8 Å². The zero-order chi connectivity index (χ0) is 18.1. The van der Waals surface area contributed by atoms with Crippen molar-refractivity contribution in [3.63, 3.8) is 0 Å². The van der Waals surface area contributed by atoms with Gasteiger partial charge in [-0.15, -0.1) is 5.12 Å². The Labute approximate surface area is 169 Å². The Bertz CT molecular complexity index is 629. The molecule has 0 aliphatic carbocycles. The Kier molecular flexibility index (Phi) is 6.54. The number of halogens is 6. The van der Waals surface area contributed by atoms with Gasteiger partial charge in [0.05, 0.1) is 26.0 Å². The van der Waals surface area contributed by atoms with E-state index in [-0.39, 0.29) is 0 Å². The fraction of sp³-hybridized carbons (Fsp3) is 0.385. The van der Waals surface area contributed by atoms with Crippen molar-refractivity contribution in [2.24, 2.45) is 0 Å². The molecule has 1 aromatic rings. The third-order valence-corrected chi connectivity index (χ3v) is 4.35. The van der Waals surface area contributed by atoms with Gasteiger partial charge in [-0.05, 0) is 24.3 Å². The number of hydrogen-bond acceptors (Lipinski definition) is 5. The Hall–Kier alpha value is 0.0200. The minimum absolute atomic E-state index is 0.530. The van der Waals surface area contributed by atoms with E-state index in [9.17, 15) is 0 Å². The second-order valence-electron chi connectivity index (χ2n) is 4.71. The normalized spacial score (nSPS) is 19.5. The quantitative estimate of drug-likeness (QED) is 0.521. The molecule has 134 valence electrons. The summed E-state index contributed by atoms with van der Waals surface area (Å²) >= 11 is 35.7. The first kappa shape index (κ1) is 20.3. The molecule has 0 saturated heterocycles. The Balaban J connectivity index is 2.44. The van der Waals surface area contributed by atoms with Crippen molar-refractivity contribution >= 4 is 75.3 Å². The summed E-state index contributed by atoms with van der Waals surface area (Å²) in [7, 11) is 3.08. The summed E-state index contributed by atoms with van der Waals surface area (Å²) in [6.45, 7) is 0. The molecule has 24 heavy (non-hydrogen) atoms. The van der Waals surface area contributed by atoms with Crippen LogP contribution in [0, 0.1) is 0 Å². The van der Waals surface area contributed by atoms with E-state index < -0.39 is 13.8 Å². The van der Waals surface area contributed by atoms with Gasteiger partial charge < -0.3 is 14.9 Å². The van der Waals surface area contributed by atoms with Crippen LogP contribution in [0.1, 0.15) is 5.56 Å². The number of nitrogens with zero attached hydrogens (tertiary/aromatic N) is 1. The molecule has 0 bridgehead atoms. The Morgan fingerprint density at radius 1 is 1.00 bits per heavy atom. The van der Waals surface area contributed by atoms with Crippen molar-refractivity contribution in [2.75, 3.05) is 14.2 Å². The minimum atomic E-state index is -1.83. The zero-order valence-electron chi connectivity index (χ0n) is 12.4. The van der Waals surface area contributed by atoms with Crippen molar-refractivity contribution < 1.29 is 9.47 Å². The molecule has 2 rings (SSSR count). The number of nitrogens with one attached hydrogen (secondary N) is 2. The highest BCUT2D eigenvalue weighted by atomic mass is 35.6. The number of hydrogen-bond donors (Lipinski definition) is 2. The molecule has 0 radical (unpaired) electrons. The minimum Gasteiger partial charge on any atom is -0.493 e. The summed E-state index contributed by atoms with van der Waals surface area (Å²) in [4.78, 5) is 0. The van der Waals surface area contributed by atoms with Crippen LogP contribution in [0.5, 0.6) is 11.5 Å². The van der Waals surface area contributed by atoms with E-state index in [1.54, 1.807) is 31.4 Å². The number of rotatable bonds is 3. The van der Waals surface area contributed by atoms with E-state index >= 15 is 0 Å². The molecule has 1 aliphatic rings. The molecule has 11 heteroatoms. The van der Waals surface area contributed by atoms with Gasteiger partial charge in [-0.1, -0.05) is 69.6 Å². The highest BCUT2D eigenvalue weighted by Gasteiger charge is 2.41. The van der Waals surface area contributed by atoms with E-state index in [4.69, 9.17) is 79.1 Å². The van der Waals surface area contributed by atoms with E-state index in [2.05, 4.69) is 10.9 Å². The van der Waals surface area contributed by atoms with Crippen molar-refractivity contribution in [3.05, 3.63) is 29.8 Å². The molecular weight excluding hydrogens is 443 g/mol. The second kappa shape index (κ2) is 7.72. The van der Waals surface area contributed by atoms with E-state index in [1.165, 1.54) is 7.11 Å². The smallest absolute Gasteiger partial charge is 0.277 e. The standard InChI is InChI=1S/C13H13Cl6N3O2/c1-23-9-4-3-7(5-10(9)24-2)8-6-11(12(14,15)16)21-22(20-8)13(17,18)19/h3-6,11,20-21H,1-2H3. The lowest BCUT2D eigenvalue weighted by Gasteiger charge is -2.40. The fourth-order valence-corrected chi connectivity index (χ4v) is 2.61. The van der Waals surface area contributed by atoms with Crippen LogP contribution in [0.15, 0.2) is 24.3 Å². The summed E-state index contributed by atoms with van der Waals surface area (Å²) in [6.07, 6.45) is 1.67. The van der Waals surface area contributed by atoms with Crippen LogP contribution >= 0.6 is 69.6 Å². The molecule has 2 N–H and O–H groups in total. The first-order valence-electron chi connectivity index (χ1n) is 6.47. The molecule has 0 aromatic heterocycles. The average molecular weight is 456 g/mol. The first-order chi connectivity index (χ1) is 11.1. The molecular formula is C13H13Cl6N3O2. The predicted octanol–water partition coefficient (Wildman–Crippen LogP) is 4.44. The van der Waals surface area contributed by atoms with Gasteiger partial charge >= 0.3 is 0 Å². The van der Waals surface area contributed by atoms with Crippen LogP contribution in [-0.2, 0) is 0 Å². The van der Waals surface area contributed by atoms with E-state index in [0.29, 0.717) is 22.8 Å². The highest BCUT2D eigenvalue weighted by Crippen LogP contribution is 2.38. The second-order valence-corrected chi connectivity index (χ2v) is 9.30. The van der Waals surface area contributed by atoms with Gasteiger partial charge in [0, 0.05) is 5.56 Å². The SMILES string of the molecule is COc1ccc(C2=CC(C(Cl)(Cl)Cl)NN(C(Cl)(Cl)Cl)N2)cc1OC. The summed E-state index contributed by atoms with van der Waals surface area (Å²) in [5.74, 6) is 1.11. The fourth-order valence-electron chi connectivity index (χ4n) is 2.00. The molecule has 1 heterocycles. The van der Waals surface area contributed by atoms with Gasteiger partial charge in [0.25, 0.3) is 3.92 Å². The lowest BCUT2D eigenvalue weighted by Crippen LogP contribution is -2.62. The number of hydrazine groups is 2. The maximum absolute atomic E-state index is 5.98. The van der Waals surface area contributed by atoms with Gasteiger partial charge in [-0.2, -0.15) is 0 Å². The summed E-state index contributed by atoms with van der Waals surface area (Å²) in [5, 5.41) is 1.12. The van der Waals surface area contributed by atoms with E-state index in [1.807, 2.05) is 0 Å². The lowest BCUT2D eigenvalue weighted by atomic mass is 10.1. The van der Waals surface area contributed by atoms with Gasteiger partial charge in [0.15, 0.2) is 11.5 Å². The average Bonchev–Trinajstić information content (AvgIpc) is 2.52. The number of ether oxygens (including phenoxy) is 2. The molecule has 1 atom stereocenters. The Morgan fingerprint density at radius 3 is 2.12 bits per heavy atom. The molecule has 1 aromatic carbocycles. The summed E-state index contributed by atoms with van der Waals surface area (Å²) in [5.41, 5.74) is 6.97. The third kappa shape index (κ3) is 4.80. The summed E-state index contributed by atoms with van der Waals surface area (Å²) in [6, 6.07) is 4.53. The van der Waals surface area contributed by atoms with Crippen LogP contribution in [-0.4, -0.2) is 33.1 Å². The Morgan fingerprint density at radius 2 is 1.62 bits per heavy atom. The molecule has 1 unspecified atom stereocenters. The van der Waals surface area contributed by atoms with Crippen molar-refractivity contribution in [2.45, 2.75) is 13.8 Å². The maximum atomic E-state index is 5.98.